The van der Waals surface area contributed by atoms with E-state index in [0.717, 1.165) is 19.3 Å². The van der Waals surface area contributed by atoms with Gasteiger partial charge >= 0.3 is 5.97 Å². The van der Waals surface area contributed by atoms with Gasteiger partial charge in [-0.3, -0.25) is 0 Å². The van der Waals surface area contributed by atoms with Crippen molar-refractivity contribution < 1.29 is 29.6 Å². The number of carbonyl (C=O) groups excluding carboxylic acids is 1. The largest absolute Gasteiger partial charge is 0.460 e. The van der Waals surface area contributed by atoms with Gasteiger partial charge in [-0.25, -0.2) is 4.79 Å². The molecule has 6 nitrogen and oxygen atoms in total. The quantitative estimate of drug-likeness (QED) is 0.414. The number of ether oxygens (including phenoxy) is 2. The molecule has 0 aliphatic carbocycles. The Labute approximate surface area is 178 Å². The molecule has 6 unspecified atom stereocenters. The fourth-order valence-corrected chi connectivity index (χ4v) is 3.36. The Balaban J connectivity index is 2.02. The zero-order valence-electron chi connectivity index (χ0n) is 17.5. The maximum atomic E-state index is 11.8. The lowest BCUT2D eigenvalue weighted by Gasteiger charge is -2.35. The van der Waals surface area contributed by atoms with Gasteiger partial charge in [0.05, 0.1) is 24.4 Å². The highest BCUT2D eigenvalue weighted by atomic mass is 16.5. The van der Waals surface area contributed by atoms with Crippen molar-refractivity contribution in [1.82, 2.24) is 0 Å². The topological polar surface area (TPSA) is 96.2 Å². The number of fused-ring (bicyclic) bond motifs is 2. The van der Waals surface area contributed by atoms with Gasteiger partial charge < -0.3 is 24.8 Å². The van der Waals surface area contributed by atoms with Gasteiger partial charge in [0.15, 0.2) is 0 Å². The third kappa shape index (κ3) is 9.22. The summed E-state index contributed by atoms with van der Waals surface area (Å²) >= 11 is 0. The van der Waals surface area contributed by atoms with E-state index in [2.05, 4.69) is 0 Å². The van der Waals surface area contributed by atoms with Crippen LogP contribution in [0.15, 0.2) is 60.8 Å². The number of allylic oxidation sites excluding steroid dienone is 5. The first-order chi connectivity index (χ1) is 14.5. The highest BCUT2D eigenvalue weighted by molar-refractivity contribution is 5.82. The van der Waals surface area contributed by atoms with E-state index in [-0.39, 0.29) is 12.2 Å². The molecule has 2 aliphatic rings. The number of carbonyl (C=O) groups is 1. The molecular weight excluding hydrogens is 384 g/mol. The number of rotatable bonds is 0. The average Bonchev–Trinajstić information content (AvgIpc) is 2.69. The van der Waals surface area contributed by atoms with Gasteiger partial charge in [-0.2, -0.15) is 0 Å². The monoisotopic (exact) mass is 418 g/mol. The SMILES string of the molecule is CC1CCC/C=C/C2OC(C/C=C\C=C\C(O)C/C=C/C=C\C(=O)O1)CC(O)C2O. The Morgan fingerprint density at radius 2 is 1.73 bits per heavy atom. The van der Waals surface area contributed by atoms with E-state index in [4.69, 9.17) is 9.47 Å². The van der Waals surface area contributed by atoms with Crippen molar-refractivity contribution in [2.75, 3.05) is 0 Å². The minimum absolute atomic E-state index is 0.181. The van der Waals surface area contributed by atoms with E-state index in [9.17, 15) is 20.1 Å². The third-order valence-electron chi connectivity index (χ3n) is 5.05. The van der Waals surface area contributed by atoms with Crippen LogP contribution in [-0.4, -0.2) is 57.9 Å². The summed E-state index contributed by atoms with van der Waals surface area (Å²) < 4.78 is 11.3. The first-order valence-electron chi connectivity index (χ1n) is 10.7. The van der Waals surface area contributed by atoms with E-state index in [1.54, 1.807) is 36.5 Å². The number of aliphatic hydroxyl groups is 3. The number of hydrogen-bond donors (Lipinski definition) is 3. The summed E-state index contributed by atoms with van der Waals surface area (Å²) in [5.74, 6) is -0.394. The Morgan fingerprint density at radius 3 is 2.57 bits per heavy atom. The average molecular weight is 419 g/mol. The molecule has 30 heavy (non-hydrogen) atoms. The molecule has 6 heteroatoms. The van der Waals surface area contributed by atoms with Crippen LogP contribution in [0.2, 0.25) is 0 Å². The number of hydrogen-bond acceptors (Lipinski definition) is 6. The van der Waals surface area contributed by atoms with Gasteiger partial charge in [0.2, 0.25) is 0 Å². The second kappa shape index (κ2) is 13.3. The number of aliphatic hydroxyl groups excluding tert-OH is 3. The van der Waals surface area contributed by atoms with Gasteiger partial charge in [-0.15, -0.1) is 0 Å². The predicted molar refractivity (Wildman–Crippen MR) is 116 cm³/mol. The molecule has 0 aromatic carbocycles. The van der Waals surface area contributed by atoms with E-state index < -0.39 is 30.4 Å². The fourth-order valence-electron chi connectivity index (χ4n) is 3.36. The van der Waals surface area contributed by atoms with Crippen LogP contribution in [0.1, 0.15) is 45.4 Å². The van der Waals surface area contributed by atoms with Crippen LogP contribution in [0.3, 0.4) is 0 Å². The van der Waals surface area contributed by atoms with Crippen LogP contribution in [0.25, 0.3) is 0 Å². The lowest BCUT2D eigenvalue weighted by atomic mass is 9.95. The smallest absolute Gasteiger partial charge is 0.331 e. The summed E-state index contributed by atoms with van der Waals surface area (Å²) in [6, 6.07) is 0. The molecule has 6 atom stereocenters. The van der Waals surface area contributed by atoms with Crippen molar-refractivity contribution in [3.05, 3.63) is 60.8 Å². The summed E-state index contributed by atoms with van der Waals surface area (Å²) in [6.07, 6.45) is 17.9. The molecule has 0 spiro atoms. The Kier molecular flexibility index (Phi) is 10.8. The normalized spacial score (nSPS) is 40.1. The molecule has 2 aliphatic heterocycles. The maximum Gasteiger partial charge on any atom is 0.331 e. The van der Waals surface area contributed by atoms with Crippen molar-refractivity contribution in [3.63, 3.8) is 0 Å². The second-order valence-electron chi connectivity index (χ2n) is 7.76. The van der Waals surface area contributed by atoms with Gasteiger partial charge in [-0.05, 0) is 39.0 Å². The third-order valence-corrected chi connectivity index (χ3v) is 5.05. The Morgan fingerprint density at radius 1 is 0.967 bits per heavy atom. The Bertz CT molecular complexity index is 663. The van der Waals surface area contributed by atoms with Gasteiger partial charge in [0.1, 0.15) is 12.2 Å². The molecule has 0 aromatic rings. The minimum atomic E-state index is -0.943. The van der Waals surface area contributed by atoms with E-state index >= 15 is 0 Å². The van der Waals surface area contributed by atoms with Crippen molar-refractivity contribution in [2.45, 2.75) is 82.1 Å². The van der Waals surface area contributed by atoms with Crippen molar-refractivity contribution in [3.8, 4) is 0 Å². The van der Waals surface area contributed by atoms with Crippen LogP contribution in [0.5, 0.6) is 0 Å². The first-order valence-corrected chi connectivity index (χ1v) is 10.7. The molecule has 2 rings (SSSR count). The van der Waals surface area contributed by atoms with Crippen LogP contribution in [0.4, 0.5) is 0 Å². The second-order valence-corrected chi connectivity index (χ2v) is 7.76. The molecule has 3 N–H and O–H groups in total. The minimum Gasteiger partial charge on any atom is -0.460 e. The van der Waals surface area contributed by atoms with E-state index in [1.807, 2.05) is 25.2 Å². The molecule has 1 fully saturated rings. The summed E-state index contributed by atoms with van der Waals surface area (Å²) in [6.45, 7) is 1.86. The highest BCUT2D eigenvalue weighted by Gasteiger charge is 2.34. The first kappa shape index (κ1) is 24.3. The standard InChI is InChI=1S/C24H34O6/c1-18-11-5-2-9-15-22-24(28)21(26)17-20(30-22)14-8-3-6-12-19(25)13-7-4-10-16-23(27)29-18/h3-4,6-10,12,15-16,18-22,24-26,28H,2,5,11,13-14,17H2,1H3/b7-4+,8-3-,12-6+,15-9+,16-10-. The summed E-state index contributed by atoms with van der Waals surface area (Å²) in [4.78, 5) is 11.8. The zero-order chi connectivity index (χ0) is 21.8. The Hall–Kier alpha value is -1.99. The van der Waals surface area contributed by atoms with Crippen molar-refractivity contribution in [1.29, 1.82) is 0 Å². The van der Waals surface area contributed by atoms with Gasteiger partial charge in [0, 0.05) is 12.5 Å². The van der Waals surface area contributed by atoms with Crippen LogP contribution >= 0.6 is 0 Å². The van der Waals surface area contributed by atoms with Crippen molar-refractivity contribution >= 4 is 5.97 Å². The lowest BCUT2D eigenvalue weighted by Crippen LogP contribution is -2.47. The van der Waals surface area contributed by atoms with Gasteiger partial charge in [0.25, 0.3) is 0 Å². The summed E-state index contributed by atoms with van der Waals surface area (Å²) in [7, 11) is 0. The lowest BCUT2D eigenvalue weighted by molar-refractivity contribution is -0.149. The van der Waals surface area contributed by atoms with E-state index in [1.165, 1.54) is 6.08 Å². The van der Waals surface area contributed by atoms with Crippen LogP contribution in [-0.2, 0) is 14.3 Å². The fraction of sp³-hybridized carbons (Fsp3) is 0.542. The molecule has 0 radical (unpaired) electrons. The molecule has 0 saturated carbocycles. The molecule has 0 amide bonds. The molecule has 1 saturated heterocycles. The molecule has 0 aromatic heterocycles. The maximum absolute atomic E-state index is 11.8. The molecule has 166 valence electrons. The van der Waals surface area contributed by atoms with Gasteiger partial charge in [-0.1, -0.05) is 54.7 Å². The van der Waals surface area contributed by atoms with Crippen LogP contribution in [0, 0.1) is 0 Å². The summed E-state index contributed by atoms with van der Waals surface area (Å²) in [5, 5.41) is 30.3. The molecule has 2 bridgehead atoms. The van der Waals surface area contributed by atoms with Crippen molar-refractivity contribution in [2.24, 2.45) is 0 Å². The number of cyclic esters (lactones) is 1. The zero-order valence-corrected chi connectivity index (χ0v) is 17.5. The molecule has 2 heterocycles. The molecular formula is C24H34O6. The predicted octanol–water partition coefficient (Wildman–Crippen LogP) is 2.90. The summed E-state index contributed by atoms with van der Waals surface area (Å²) in [5.41, 5.74) is 0. The van der Waals surface area contributed by atoms with E-state index in [0.29, 0.717) is 19.3 Å². The van der Waals surface area contributed by atoms with Crippen LogP contribution < -0.4 is 0 Å². The number of esters is 1. The highest BCUT2D eigenvalue weighted by Crippen LogP contribution is 2.24.